The number of rotatable bonds is 6. The summed E-state index contributed by atoms with van der Waals surface area (Å²) < 4.78 is 13.1. The summed E-state index contributed by atoms with van der Waals surface area (Å²) >= 11 is 0. The standard InChI is InChI=1S/C46H37BN2O2/c1-4-15-33-17-8-10-21-39(33)49(40-30-41-36(28-32(40)3)31(2)16-12-13-27-48(41)34-18-6-5-7-19-34)35-25-26-38-45(29-35)51-44-24-14-23-43-46(44)47(38)37-20-9-11-22-42(37)50-43/h5-14,16-30H,2,4,15H2,1,3H3/b16-12-,27-13-. The van der Waals surface area contributed by atoms with E-state index >= 15 is 0 Å². The van der Waals surface area contributed by atoms with E-state index in [0.717, 1.165) is 97.4 Å². The van der Waals surface area contributed by atoms with Crippen LogP contribution in [-0.4, -0.2) is 6.71 Å². The van der Waals surface area contributed by atoms with Gasteiger partial charge >= 0.3 is 0 Å². The topological polar surface area (TPSA) is 24.9 Å². The van der Waals surface area contributed by atoms with Crippen LogP contribution in [0.3, 0.4) is 0 Å². The van der Waals surface area contributed by atoms with Gasteiger partial charge < -0.3 is 19.3 Å². The SMILES string of the molecule is C=C1/C=C\C=C/N(c2ccccc2)c2cc(N(c3ccc4c(c3)Oc3cccc5c3B4c3ccccc3O5)c3ccccc3CCC)c(C)cc21. The van der Waals surface area contributed by atoms with Gasteiger partial charge in [0.1, 0.15) is 23.0 Å². The van der Waals surface area contributed by atoms with Crippen LogP contribution in [0.1, 0.15) is 30.0 Å². The molecule has 0 unspecified atom stereocenters. The third kappa shape index (κ3) is 5.25. The number of benzene rings is 6. The number of fused-ring (bicyclic) bond motifs is 5. The molecular weight excluding hydrogens is 623 g/mol. The number of hydrogen-bond acceptors (Lipinski definition) is 4. The first-order valence-corrected chi connectivity index (χ1v) is 17.7. The van der Waals surface area contributed by atoms with Gasteiger partial charge in [0.2, 0.25) is 0 Å². The molecule has 0 aromatic heterocycles. The van der Waals surface area contributed by atoms with Crippen molar-refractivity contribution in [3.8, 4) is 23.0 Å². The number of nitrogens with zero attached hydrogens (tertiary/aromatic N) is 2. The zero-order valence-electron chi connectivity index (χ0n) is 28.8. The Kier molecular flexibility index (Phi) is 7.62. The third-order valence-corrected chi connectivity index (χ3v) is 10.1. The molecule has 0 fully saturated rings. The Bertz CT molecular complexity index is 2400. The predicted octanol–water partition coefficient (Wildman–Crippen LogP) is 10.4. The van der Waals surface area contributed by atoms with Gasteiger partial charge in [0.05, 0.1) is 11.4 Å². The van der Waals surface area contributed by atoms with E-state index in [1.165, 1.54) is 5.56 Å². The Balaban J connectivity index is 1.26. The van der Waals surface area contributed by atoms with Gasteiger partial charge in [0, 0.05) is 40.4 Å². The molecule has 4 nitrogen and oxygen atoms in total. The van der Waals surface area contributed by atoms with Gasteiger partial charge in [0.25, 0.3) is 6.71 Å². The lowest BCUT2D eigenvalue weighted by molar-refractivity contribution is 0.464. The second-order valence-electron chi connectivity index (χ2n) is 13.4. The minimum atomic E-state index is 0.0169. The van der Waals surface area contributed by atoms with Crippen molar-refractivity contribution in [2.45, 2.75) is 26.7 Å². The molecule has 0 N–H and O–H groups in total. The van der Waals surface area contributed by atoms with Crippen molar-refractivity contribution in [3.63, 3.8) is 0 Å². The molecule has 3 aliphatic heterocycles. The van der Waals surface area contributed by atoms with E-state index in [4.69, 9.17) is 9.47 Å². The maximum Gasteiger partial charge on any atom is 0.260 e. The molecule has 3 aliphatic rings. The van der Waals surface area contributed by atoms with Crippen LogP contribution in [0.25, 0.3) is 5.57 Å². The molecule has 5 heteroatoms. The van der Waals surface area contributed by atoms with Crippen LogP contribution >= 0.6 is 0 Å². The lowest BCUT2D eigenvalue weighted by Crippen LogP contribution is -2.57. The van der Waals surface area contributed by atoms with Gasteiger partial charge in [-0.15, -0.1) is 0 Å². The monoisotopic (exact) mass is 660 g/mol. The summed E-state index contributed by atoms with van der Waals surface area (Å²) in [5.74, 6) is 3.44. The molecule has 0 saturated carbocycles. The van der Waals surface area contributed by atoms with Crippen molar-refractivity contribution in [1.82, 2.24) is 0 Å². The Morgan fingerprint density at radius 1 is 0.686 bits per heavy atom. The maximum absolute atomic E-state index is 6.78. The van der Waals surface area contributed by atoms with Gasteiger partial charge in [-0.1, -0.05) is 98.8 Å². The second-order valence-corrected chi connectivity index (χ2v) is 13.4. The second kappa shape index (κ2) is 12.6. The van der Waals surface area contributed by atoms with Crippen LogP contribution in [0.15, 0.2) is 158 Å². The zero-order chi connectivity index (χ0) is 34.5. The fourth-order valence-electron chi connectivity index (χ4n) is 7.79. The molecule has 0 bridgehead atoms. The fourth-order valence-corrected chi connectivity index (χ4v) is 7.79. The number of aryl methyl sites for hydroxylation is 2. The molecule has 3 heterocycles. The molecule has 0 radical (unpaired) electrons. The molecule has 246 valence electrons. The molecule has 0 amide bonds. The molecule has 0 aliphatic carbocycles. The highest BCUT2D eigenvalue weighted by Crippen LogP contribution is 2.46. The minimum absolute atomic E-state index is 0.0169. The van der Waals surface area contributed by atoms with Gasteiger partial charge in [-0.3, -0.25) is 0 Å². The van der Waals surface area contributed by atoms with E-state index in [9.17, 15) is 0 Å². The summed E-state index contributed by atoms with van der Waals surface area (Å²) in [6.07, 6.45) is 10.4. The molecule has 0 spiro atoms. The molecule has 6 aromatic rings. The summed E-state index contributed by atoms with van der Waals surface area (Å²) in [6, 6.07) is 45.1. The molecule has 9 rings (SSSR count). The largest absolute Gasteiger partial charge is 0.458 e. The van der Waals surface area contributed by atoms with Crippen LogP contribution in [0.5, 0.6) is 23.0 Å². The summed E-state index contributed by atoms with van der Waals surface area (Å²) in [5, 5.41) is 0. The highest BCUT2D eigenvalue weighted by atomic mass is 16.5. The van der Waals surface area contributed by atoms with Crippen LogP contribution < -0.4 is 35.7 Å². The predicted molar refractivity (Wildman–Crippen MR) is 213 cm³/mol. The Morgan fingerprint density at radius 3 is 2.25 bits per heavy atom. The van der Waals surface area contributed by atoms with E-state index in [1.54, 1.807) is 0 Å². The number of ether oxygens (including phenoxy) is 2. The number of hydrogen-bond donors (Lipinski definition) is 0. The Hall–Kier alpha value is -6.20. The summed E-state index contributed by atoms with van der Waals surface area (Å²) in [4.78, 5) is 4.68. The number of anilines is 5. The van der Waals surface area contributed by atoms with Crippen molar-refractivity contribution in [3.05, 3.63) is 175 Å². The van der Waals surface area contributed by atoms with E-state index < -0.39 is 0 Å². The lowest BCUT2D eigenvalue weighted by Gasteiger charge is -2.35. The summed E-state index contributed by atoms with van der Waals surface area (Å²) in [6.45, 7) is 8.94. The molecule has 51 heavy (non-hydrogen) atoms. The van der Waals surface area contributed by atoms with E-state index in [0.29, 0.717) is 0 Å². The van der Waals surface area contributed by atoms with Crippen molar-refractivity contribution in [2.75, 3.05) is 9.80 Å². The average Bonchev–Trinajstić information content (AvgIpc) is 3.16. The van der Waals surface area contributed by atoms with E-state index in [2.05, 4.69) is 164 Å². The minimum Gasteiger partial charge on any atom is -0.458 e. The Morgan fingerprint density at radius 2 is 1.41 bits per heavy atom. The van der Waals surface area contributed by atoms with Gasteiger partial charge in [-0.25, -0.2) is 0 Å². The quantitative estimate of drug-likeness (QED) is 0.166. The fraction of sp³-hybridized carbons (Fsp3) is 0.0870. The molecule has 6 aromatic carbocycles. The van der Waals surface area contributed by atoms with Crippen LogP contribution in [0, 0.1) is 6.92 Å². The first-order valence-electron chi connectivity index (χ1n) is 17.7. The first-order chi connectivity index (χ1) is 25.1. The number of allylic oxidation sites excluding steroid dienone is 4. The smallest absolute Gasteiger partial charge is 0.260 e. The van der Waals surface area contributed by atoms with Gasteiger partial charge in [-0.2, -0.15) is 0 Å². The van der Waals surface area contributed by atoms with Gasteiger partial charge in [-0.05, 0) is 102 Å². The van der Waals surface area contributed by atoms with E-state index in [-0.39, 0.29) is 6.71 Å². The van der Waals surface area contributed by atoms with Crippen LogP contribution in [0.2, 0.25) is 0 Å². The first kappa shape index (κ1) is 30.8. The van der Waals surface area contributed by atoms with Gasteiger partial charge in [0.15, 0.2) is 0 Å². The summed E-state index contributed by atoms with van der Waals surface area (Å²) in [5.41, 5.74) is 13.3. The molecular formula is C46H37BN2O2. The van der Waals surface area contributed by atoms with Crippen molar-refractivity contribution < 1.29 is 9.47 Å². The van der Waals surface area contributed by atoms with Crippen molar-refractivity contribution >= 4 is 57.1 Å². The van der Waals surface area contributed by atoms with Crippen LogP contribution in [-0.2, 0) is 6.42 Å². The highest BCUT2D eigenvalue weighted by Gasteiger charge is 2.40. The highest BCUT2D eigenvalue weighted by molar-refractivity contribution is 6.98. The maximum atomic E-state index is 6.78. The van der Waals surface area contributed by atoms with Crippen molar-refractivity contribution in [1.29, 1.82) is 0 Å². The number of para-hydroxylation sites is 3. The lowest BCUT2D eigenvalue weighted by atomic mass is 9.35. The summed E-state index contributed by atoms with van der Waals surface area (Å²) in [7, 11) is 0. The Labute approximate surface area is 300 Å². The average molecular weight is 661 g/mol. The van der Waals surface area contributed by atoms with Crippen LogP contribution in [0.4, 0.5) is 28.4 Å². The normalized spacial score (nSPS) is 14.8. The van der Waals surface area contributed by atoms with E-state index in [1.807, 2.05) is 18.2 Å². The molecule has 0 saturated heterocycles. The molecule has 0 atom stereocenters. The van der Waals surface area contributed by atoms with Crippen molar-refractivity contribution in [2.24, 2.45) is 0 Å². The third-order valence-electron chi connectivity index (χ3n) is 10.1. The zero-order valence-corrected chi connectivity index (χ0v) is 28.8.